The number of rotatable bonds is 1. The van der Waals surface area contributed by atoms with Crippen molar-refractivity contribution >= 4 is 5.69 Å². The third kappa shape index (κ3) is 2.09. The molecule has 0 spiro atoms. The fourth-order valence-electron chi connectivity index (χ4n) is 1.89. The predicted octanol–water partition coefficient (Wildman–Crippen LogP) is 1.76. The second-order valence-electron chi connectivity index (χ2n) is 3.84. The number of benzene rings is 1. The molecule has 1 aromatic carbocycles. The third-order valence-corrected chi connectivity index (χ3v) is 2.74. The number of nitrogens with one attached hydrogen (secondary N) is 1. The Hall–Kier alpha value is -1.16. The van der Waals surface area contributed by atoms with E-state index in [0.29, 0.717) is 6.04 Å². The Morgan fingerprint density at radius 1 is 1.33 bits per heavy atom. The van der Waals surface area contributed by atoms with E-state index in [4.69, 9.17) is 0 Å². The first-order chi connectivity index (χ1) is 7.18. The van der Waals surface area contributed by atoms with Crippen molar-refractivity contribution in [3.63, 3.8) is 0 Å². The zero-order valence-electron chi connectivity index (χ0n) is 8.63. The summed E-state index contributed by atoms with van der Waals surface area (Å²) in [4.78, 5) is 2.08. The molecule has 2 nitrogen and oxygen atoms in total. The molecule has 0 aromatic heterocycles. The van der Waals surface area contributed by atoms with E-state index in [9.17, 15) is 8.78 Å². The molecule has 0 bridgehead atoms. The topological polar surface area (TPSA) is 15.3 Å². The Morgan fingerprint density at radius 3 is 2.80 bits per heavy atom. The number of anilines is 1. The first-order valence-corrected chi connectivity index (χ1v) is 5.11. The quantitative estimate of drug-likeness (QED) is 0.763. The fraction of sp³-hybridized carbons (Fsp3) is 0.455. The van der Waals surface area contributed by atoms with E-state index in [-0.39, 0.29) is 0 Å². The summed E-state index contributed by atoms with van der Waals surface area (Å²) in [6, 6.07) is 4.38. The van der Waals surface area contributed by atoms with Gasteiger partial charge in [-0.15, -0.1) is 0 Å². The van der Waals surface area contributed by atoms with Crippen molar-refractivity contribution in [2.45, 2.75) is 13.0 Å². The number of halogens is 2. The summed E-state index contributed by atoms with van der Waals surface area (Å²) in [5, 5.41) is 3.25. The average Bonchev–Trinajstić information content (AvgIpc) is 2.23. The van der Waals surface area contributed by atoms with Crippen LogP contribution in [0.3, 0.4) is 0 Å². The maximum absolute atomic E-state index is 13.0. The molecule has 15 heavy (non-hydrogen) atoms. The normalized spacial score (nSPS) is 21.8. The molecule has 1 fully saturated rings. The first-order valence-electron chi connectivity index (χ1n) is 5.11. The highest BCUT2D eigenvalue weighted by atomic mass is 19.2. The maximum atomic E-state index is 13.0. The fourth-order valence-corrected chi connectivity index (χ4v) is 1.89. The standard InChI is InChI=1S/C11H14F2N2/c1-8-7-14-4-5-15(8)9-2-3-10(12)11(13)6-9/h2-3,6,8,14H,4-5,7H2,1H3/t8-/m1/s1. The van der Waals surface area contributed by atoms with Crippen molar-refractivity contribution in [1.82, 2.24) is 5.32 Å². The molecule has 4 heteroatoms. The van der Waals surface area contributed by atoms with Crippen molar-refractivity contribution in [2.24, 2.45) is 0 Å². The lowest BCUT2D eigenvalue weighted by atomic mass is 10.2. The van der Waals surface area contributed by atoms with E-state index in [0.717, 1.165) is 25.3 Å². The Balaban J connectivity index is 2.24. The van der Waals surface area contributed by atoms with Crippen LogP contribution in [0.1, 0.15) is 6.92 Å². The molecule has 0 aliphatic carbocycles. The molecule has 0 amide bonds. The predicted molar refractivity (Wildman–Crippen MR) is 56.0 cm³/mol. The molecule has 1 atom stereocenters. The number of hydrogen-bond donors (Lipinski definition) is 1. The molecule has 1 saturated heterocycles. The number of piperazine rings is 1. The summed E-state index contributed by atoms with van der Waals surface area (Å²) in [5.74, 6) is -1.57. The largest absolute Gasteiger partial charge is 0.366 e. The molecule has 1 heterocycles. The average molecular weight is 212 g/mol. The molecule has 82 valence electrons. The maximum Gasteiger partial charge on any atom is 0.160 e. The van der Waals surface area contributed by atoms with Crippen LogP contribution in [0.2, 0.25) is 0 Å². The Bertz CT molecular complexity index is 354. The molecule has 1 aliphatic heterocycles. The van der Waals surface area contributed by atoms with E-state index < -0.39 is 11.6 Å². The van der Waals surface area contributed by atoms with Crippen molar-refractivity contribution in [3.05, 3.63) is 29.8 Å². The van der Waals surface area contributed by atoms with Gasteiger partial charge in [0.2, 0.25) is 0 Å². The van der Waals surface area contributed by atoms with Crippen LogP contribution in [0, 0.1) is 11.6 Å². The van der Waals surface area contributed by atoms with Gasteiger partial charge in [-0.3, -0.25) is 0 Å². The monoisotopic (exact) mass is 212 g/mol. The SMILES string of the molecule is C[C@@H]1CNCCN1c1ccc(F)c(F)c1. The van der Waals surface area contributed by atoms with Crippen molar-refractivity contribution < 1.29 is 8.78 Å². The van der Waals surface area contributed by atoms with Gasteiger partial charge in [-0.1, -0.05) is 0 Å². The minimum Gasteiger partial charge on any atom is -0.366 e. The van der Waals surface area contributed by atoms with E-state index in [1.54, 1.807) is 6.07 Å². The lowest BCUT2D eigenvalue weighted by Crippen LogP contribution is -2.49. The lowest BCUT2D eigenvalue weighted by Gasteiger charge is -2.35. The van der Waals surface area contributed by atoms with Gasteiger partial charge >= 0.3 is 0 Å². The van der Waals surface area contributed by atoms with Crippen LogP contribution in [0.25, 0.3) is 0 Å². The molecule has 0 unspecified atom stereocenters. The summed E-state index contributed by atoms with van der Waals surface area (Å²) in [6.07, 6.45) is 0. The summed E-state index contributed by atoms with van der Waals surface area (Å²) in [5.41, 5.74) is 0.753. The van der Waals surface area contributed by atoms with Crippen LogP contribution in [-0.4, -0.2) is 25.7 Å². The zero-order chi connectivity index (χ0) is 10.8. The van der Waals surface area contributed by atoms with Gasteiger partial charge in [0, 0.05) is 37.4 Å². The summed E-state index contributed by atoms with van der Waals surface area (Å²) >= 11 is 0. The smallest absolute Gasteiger partial charge is 0.160 e. The highest BCUT2D eigenvalue weighted by molar-refractivity contribution is 5.48. The summed E-state index contributed by atoms with van der Waals surface area (Å²) in [7, 11) is 0. The minimum absolute atomic E-state index is 0.309. The molecule has 2 rings (SSSR count). The second kappa shape index (κ2) is 4.14. The van der Waals surface area contributed by atoms with E-state index >= 15 is 0 Å². The van der Waals surface area contributed by atoms with Gasteiger partial charge in [0.05, 0.1) is 0 Å². The van der Waals surface area contributed by atoms with E-state index in [1.165, 1.54) is 12.1 Å². The van der Waals surface area contributed by atoms with Gasteiger partial charge < -0.3 is 10.2 Å². The van der Waals surface area contributed by atoms with Gasteiger partial charge in [0.25, 0.3) is 0 Å². The van der Waals surface area contributed by atoms with Crippen molar-refractivity contribution in [1.29, 1.82) is 0 Å². The van der Waals surface area contributed by atoms with Crippen LogP contribution >= 0.6 is 0 Å². The minimum atomic E-state index is -0.790. The van der Waals surface area contributed by atoms with Gasteiger partial charge in [0.15, 0.2) is 11.6 Å². The summed E-state index contributed by atoms with van der Waals surface area (Å²) < 4.78 is 25.8. The van der Waals surface area contributed by atoms with Crippen LogP contribution < -0.4 is 10.2 Å². The molecular formula is C11H14F2N2. The highest BCUT2D eigenvalue weighted by Crippen LogP contribution is 2.20. The molecule has 1 aromatic rings. The van der Waals surface area contributed by atoms with Crippen molar-refractivity contribution in [3.8, 4) is 0 Å². The van der Waals surface area contributed by atoms with Gasteiger partial charge in [0.1, 0.15) is 0 Å². The van der Waals surface area contributed by atoms with Crippen LogP contribution in [0.4, 0.5) is 14.5 Å². The second-order valence-corrected chi connectivity index (χ2v) is 3.84. The van der Waals surface area contributed by atoms with Crippen molar-refractivity contribution in [2.75, 3.05) is 24.5 Å². The van der Waals surface area contributed by atoms with Gasteiger partial charge in [-0.05, 0) is 19.1 Å². The van der Waals surface area contributed by atoms with Crippen LogP contribution in [-0.2, 0) is 0 Å². The lowest BCUT2D eigenvalue weighted by molar-refractivity contribution is 0.491. The third-order valence-electron chi connectivity index (χ3n) is 2.74. The van der Waals surface area contributed by atoms with Gasteiger partial charge in [-0.2, -0.15) is 0 Å². The Labute approximate surface area is 87.9 Å². The molecule has 0 saturated carbocycles. The Morgan fingerprint density at radius 2 is 2.13 bits per heavy atom. The van der Waals surface area contributed by atoms with Gasteiger partial charge in [-0.25, -0.2) is 8.78 Å². The molecule has 0 radical (unpaired) electrons. The first kappa shape index (κ1) is 10.4. The molecular weight excluding hydrogens is 198 g/mol. The zero-order valence-corrected chi connectivity index (χ0v) is 8.63. The number of hydrogen-bond acceptors (Lipinski definition) is 2. The van der Waals surface area contributed by atoms with E-state index in [2.05, 4.69) is 17.1 Å². The molecule has 1 N–H and O–H groups in total. The number of nitrogens with zero attached hydrogens (tertiary/aromatic N) is 1. The van der Waals surface area contributed by atoms with Crippen LogP contribution in [0.15, 0.2) is 18.2 Å². The summed E-state index contributed by atoms with van der Waals surface area (Å²) in [6.45, 7) is 4.64. The van der Waals surface area contributed by atoms with E-state index in [1.807, 2.05) is 0 Å². The molecule has 1 aliphatic rings. The van der Waals surface area contributed by atoms with Crippen LogP contribution in [0.5, 0.6) is 0 Å². The Kier molecular flexibility index (Phi) is 2.86. The highest BCUT2D eigenvalue weighted by Gasteiger charge is 2.18.